The standard InChI is InChI=1S/C13H18N4O4S/c1-5-17-11(19)9-10(16(4)13(17)20)14-12(15(9)3)22-7-8(18)21-6-2/h5-7H2,1-4H3. The first-order chi connectivity index (χ1) is 10.4. The molecule has 0 spiro atoms. The monoisotopic (exact) mass is 326 g/mol. The quantitative estimate of drug-likeness (QED) is 0.572. The second kappa shape index (κ2) is 6.39. The first kappa shape index (κ1) is 16.3. The molecule has 0 fully saturated rings. The van der Waals surface area contributed by atoms with E-state index in [1.54, 1.807) is 32.5 Å². The van der Waals surface area contributed by atoms with Crippen LogP contribution in [0.25, 0.3) is 11.2 Å². The van der Waals surface area contributed by atoms with Crippen molar-refractivity contribution in [2.75, 3.05) is 12.4 Å². The first-order valence-electron chi connectivity index (χ1n) is 6.87. The molecule has 0 unspecified atom stereocenters. The van der Waals surface area contributed by atoms with E-state index in [2.05, 4.69) is 4.98 Å². The summed E-state index contributed by atoms with van der Waals surface area (Å²) in [6.45, 7) is 4.08. The zero-order valence-corrected chi connectivity index (χ0v) is 13.8. The van der Waals surface area contributed by atoms with Crippen molar-refractivity contribution in [1.29, 1.82) is 0 Å². The third-order valence-electron chi connectivity index (χ3n) is 3.26. The topological polar surface area (TPSA) is 88.1 Å². The van der Waals surface area contributed by atoms with E-state index in [0.29, 0.717) is 22.9 Å². The van der Waals surface area contributed by atoms with Gasteiger partial charge in [-0.15, -0.1) is 0 Å². The minimum Gasteiger partial charge on any atom is -0.465 e. The van der Waals surface area contributed by atoms with Crippen LogP contribution in [0.4, 0.5) is 0 Å². The third kappa shape index (κ3) is 2.68. The number of imidazole rings is 1. The number of nitrogens with zero attached hydrogens (tertiary/aromatic N) is 4. The van der Waals surface area contributed by atoms with Crippen molar-refractivity contribution in [3.05, 3.63) is 20.8 Å². The maximum atomic E-state index is 12.4. The van der Waals surface area contributed by atoms with Crippen molar-refractivity contribution in [2.45, 2.75) is 25.5 Å². The molecule has 0 aliphatic heterocycles. The van der Waals surface area contributed by atoms with Crippen LogP contribution in [0.15, 0.2) is 14.7 Å². The predicted octanol–water partition coefficient (Wildman–Crippen LogP) is 0.109. The number of hydrogen-bond acceptors (Lipinski definition) is 6. The molecule has 0 saturated carbocycles. The second-order valence-electron chi connectivity index (χ2n) is 4.61. The van der Waals surface area contributed by atoms with Gasteiger partial charge < -0.3 is 9.30 Å². The smallest absolute Gasteiger partial charge is 0.332 e. The third-order valence-corrected chi connectivity index (χ3v) is 4.26. The fraction of sp³-hybridized carbons (Fsp3) is 0.538. The lowest BCUT2D eigenvalue weighted by molar-refractivity contribution is -0.139. The molecule has 2 rings (SSSR count). The summed E-state index contributed by atoms with van der Waals surface area (Å²) in [4.78, 5) is 40.2. The number of aromatic nitrogens is 4. The molecule has 0 atom stereocenters. The van der Waals surface area contributed by atoms with Gasteiger partial charge in [-0.2, -0.15) is 0 Å². The molecule has 0 aliphatic carbocycles. The van der Waals surface area contributed by atoms with Gasteiger partial charge in [-0.3, -0.25) is 18.7 Å². The first-order valence-corrected chi connectivity index (χ1v) is 7.85. The zero-order valence-electron chi connectivity index (χ0n) is 13.0. The van der Waals surface area contributed by atoms with Crippen LogP contribution in [-0.4, -0.2) is 37.0 Å². The Hall–Kier alpha value is -2.03. The number of esters is 1. The summed E-state index contributed by atoms with van der Waals surface area (Å²) in [5.74, 6) is -0.250. The molecule has 120 valence electrons. The summed E-state index contributed by atoms with van der Waals surface area (Å²) in [5, 5.41) is 0.490. The SMILES string of the molecule is CCOC(=O)CSc1nc2c(c(=O)n(CC)c(=O)n2C)n1C. The summed E-state index contributed by atoms with van der Waals surface area (Å²) in [5.41, 5.74) is -0.123. The minimum atomic E-state index is -0.403. The molecule has 0 saturated heterocycles. The van der Waals surface area contributed by atoms with Crippen molar-refractivity contribution in [2.24, 2.45) is 14.1 Å². The molecule has 0 amide bonds. The number of carbonyl (C=O) groups excluding carboxylic acids is 1. The van der Waals surface area contributed by atoms with E-state index in [1.165, 1.54) is 16.3 Å². The largest absolute Gasteiger partial charge is 0.465 e. The van der Waals surface area contributed by atoms with Crippen molar-refractivity contribution in [3.8, 4) is 0 Å². The number of fused-ring (bicyclic) bond motifs is 1. The van der Waals surface area contributed by atoms with E-state index in [9.17, 15) is 14.4 Å². The highest BCUT2D eigenvalue weighted by atomic mass is 32.2. The highest BCUT2D eigenvalue weighted by Crippen LogP contribution is 2.20. The molecule has 0 aliphatic rings. The lowest BCUT2D eigenvalue weighted by Crippen LogP contribution is -2.39. The summed E-state index contributed by atoms with van der Waals surface area (Å²) in [7, 11) is 3.26. The lowest BCUT2D eigenvalue weighted by Gasteiger charge is -2.05. The van der Waals surface area contributed by atoms with Crippen LogP contribution in [0.5, 0.6) is 0 Å². The maximum Gasteiger partial charge on any atom is 0.332 e. The fourth-order valence-electron chi connectivity index (χ4n) is 2.16. The van der Waals surface area contributed by atoms with E-state index >= 15 is 0 Å². The average Bonchev–Trinajstić information content (AvgIpc) is 2.81. The molecule has 0 bridgehead atoms. The summed E-state index contributed by atoms with van der Waals surface area (Å²) in [6, 6.07) is 0. The van der Waals surface area contributed by atoms with Crippen molar-refractivity contribution >= 4 is 28.9 Å². The normalized spacial score (nSPS) is 11.1. The van der Waals surface area contributed by atoms with Gasteiger partial charge in [0.2, 0.25) is 0 Å². The van der Waals surface area contributed by atoms with Crippen molar-refractivity contribution in [1.82, 2.24) is 18.7 Å². The number of hydrogen-bond donors (Lipinski definition) is 0. The number of thioether (sulfide) groups is 1. The Kier molecular flexibility index (Phi) is 4.74. The van der Waals surface area contributed by atoms with E-state index in [-0.39, 0.29) is 23.8 Å². The van der Waals surface area contributed by atoms with Gasteiger partial charge in [0, 0.05) is 20.6 Å². The van der Waals surface area contributed by atoms with Gasteiger partial charge in [0.25, 0.3) is 5.56 Å². The fourth-order valence-corrected chi connectivity index (χ4v) is 2.92. The molecule has 2 aromatic heterocycles. The van der Waals surface area contributed by atoms with Gasteiger partial charge in [0.15, 0.2) is 16.3 Å². The Morgan fingerprint density at radius 1 is 1.23 bits per heavy atom. The Labute approximate surface area is 130 Å². The minimum absolute atomic E-state index is 0.0981. The number of ether oxygens (including phenoxy) is 1. The second-order valence-corrected chi connectivity index (χ2v) is 5.55. The van der Waals surface area contributed by atoms with E-state index in [1.807, 2.05) is 0 Å². The van der Waals surface area contributed by atoms with Crippen LogP contribution in [0, 0.1) is 0 Å². The molecule has 22 heavy (non-hydrogen) atoms. The summed E-state index contributed by atoms with van der Waals surface area (Å²) in [6.07, 6.45) is 0. The van der Waals surface area contributed by atoms with E-state index in [0.717, 1.165) is 4.57 Å². The van der Waals surface area contributed by atoms with Crippen LogP contribution in [-0.2, 0) is 30.2 Å². The van der Waals surface area contributed by atoms with Crippen LogP contribution < -0.4 is 11.2 Å². The van der Waals surface area contributed by atoms with Gasteiger partial charge in [0.05, 0.1) is 12.4 Å². The molecule has 2 heterocycles. The van der Waals surface area contributed by atoms with Crippen molar-refractivity contribution < 1.29 is 9.53 Å². The number of carbonyl (C=O) groups is 1. The lowest BCUT2D eigenvalue weighted by atomic mass is 10.5. The van der Waals surface area contributed by atoms with Gasteiger partial charge in [0.1, 0.15) is 0 Å². The highest BCUT2D eigenvalue weighted by Gasteiger charge is 2.18. The van der Waals surface area contributed by atoms with Gasteiger partial charge in [-0.05, 0) is 13.8 Å². The summed E-state index contributed by atoms with van der Waals surface area (Å²) >= 11 is 1.17. The van der Waals surface area contributed by atoms with E-state index in [4.69, 9.17) is 4.74 Å². The highest BCUT2D eigenvalue weighted by molar-refractivity contribution is 7.99. The van der Waals surface area contributed by atoms with Crippen LogP contribution in [0.1, 0.15) is 13.8 Å². The number of rotatable bonds is 5. The molecular weight excluding hydrogens is 308 g/mol. The zero-order chi connectivity index (χ0) is 16.4. The van der Waals surface area contributed by atoms with E-state index < -0.39 is 5.69 Å². The molecule has 0 aromatic carbocycles. The molecule has 0 N–H and O–H groups in total. The Bertz CT molecular complexity index is 833. The van der Waals surface area contributed by atoms with Crippen molar-refractivity contribution in [3.63, 3.8) is 0 Å². The maximum absolute atomic E-state index is 12.4. The molecule has 9 heteroatoms. The van der Waals surface area contributed by atoms with Crippen LogP contribution in [0.2, 0.25) is 0 Å². The molecular formula is C13H18N4O4S. The average molecular weight is 326 g/mol. The Morgan fingerprint density at radius 3 is 2.50 bits per heavy atom. The Balaban J connectivity index is 2.52. The molecule has 8 nitrogen and oxygen atoms in total. The predicted molar refractivity (Wildman–Crippen MR) is 83.2 cm³/mol. The van der Waals surface area contributed by atoms with Crippen LogP contribution >= 0.6 is 11.8 Å². The van der Waals surface area contributed by atoms with Gasteiger partial charge in [-0.25, -0.2) is 9.78 Å². The summed E-state index contributed by atoms with van der Waals surface area (Å²) < 4.78 is 8.97. The molecule has 2 aromatic rings. The van der Waals surface area contributed by atoms with Gasteiger partial charge in [-0.1, -0.05) is 11.8 Å². The van der Waals surface area contributed by atoms with Crippen LogP contribution in [0.3, 0.4) is 0 Å². The number of aryl methyl sites for hydroxylation is 2. The van der Waals surface area contributed by atoms with Gasteiger partial charge >= 0.3 is 11.7 Å². The Morgan fingerprint density at radius 2 is 1.91 bits per heavy atom. The molecule has 0 radical (unpaired) electrons.